The van der Waals surface area contributed by atoms with E-state index in [1.807, 2.05) is 36.4 Å². The van der Waals surface area contributed by atoms with Gasteiger partial charge in [-0.05, 0) is 41.9 Å². The van der Waals surface area contributed by atoms with Gasteiger partial charge in [-0.15, -0.1) is 0 Å². The standard InChI is InChI=1S/C20H16ClN3O3S/c21-15-8-3-7-14(11-15)19(26)22-20(28)24-23-18(25)12-27-17-10-4-6-13-5-1-2-9-16(13)17/h1-11H,12H2,(H,23,25)(H2,22,24,26,28). The normalized spacial score (nSPS) is 10.2. The van der Waals surface area contributed by atoms with Gasteiger partial charge >= 0.3 is 0 Å². The summed E-state index contributed by atoms with van der Waals surface area (Å²) >= 11 is 10.8. The Kier molecular flexibility index (Phi) is 6.41. The fourth-order valence-corrected chi connectivity index (χ4v) is 2.80. The molecular weight excluding hydrogens is 398 g/mol. The van der Waals surface area contributed by atoms with Crippen molar-refractivity contribution in [3.8, 4) is 5.75 Å². The van der Waals surface area contributed by atoms with Crippen LogP contribution < -0.4 is 20.9 Å². The maximum atomic E-state index is 12.1. The Morgan fingerprint density at radius 2 is 1.71 bits per heavy atom. The van der Waals surface area contributed by atoms with Crippen molar-refractivity contribution in [3.63, 3.8) is 0 Å². The third-order valence-corrected chi connectivity index (χ3v) is 4.18. The fraction of sp³-hybridized carbons (Fsp3) is 0.0500. The summed E-state index contributed by atoms with van der Waals surface area (Å²) in [5.41, 5.74) is 5.18. The van der Waals surface area contributed by atoms with Gasteiger partial charge in [0.2, 0.25) is 0 Å². The van der Waals surface area contributed by atoms with E-state index in [4.69, 9.17) is 28.6 Å². The number of fused-ring (bicyclic) bond motifs is 1. The molecule has 0 spiro atoms. The number of amides is 2. The van der Waals surface area contributed by atoms with Crippen LogP contribution in [-0.2, 0) is 4.79 Å². The van der Waals surface area contributed by atoms with Crippen LogP contribution in [0.1, 0.15) is 10.4 Å². The van der Waals surface area contributed by atoms with Crippen molar-refractivity contribution in [2.45, 2.75) is 0 Å². The van der Waals surface area contributed by atoms with Gasteiger partial charge < -0.3 is 4.74 Å². The number of ether oxygens (including phenoxy) is 1. The first-order chi connectivity index (χ1) is 13.5. The highest BCUT2D eigenvalue weighted by molar-refractivity contribution is 7.80. The van der Waals surface area contributed by atoms with E-state index in [2.05, 4.69) is 16.2 Å². The lowest BCUT2D eigenvalue weighted by Gasteiger charge is -2.12. The average Bonchev–Trinajstić information content (AvgIpc) is 2.70. The Morgan fingerprint density at radius 3 is 2.54 bits per heavy atom. The molecule has 3 N–H and O–H groups in total. The molecule has 142 valence electrons. The number of benzene rings is 3. The second-order valence-electron chi connectivity index (χ2n) is 5.73. The molecule has 3 rings (SSSR count). The number of nitrogens with one attached hydrogen (secondary N) is 3. The van der Waals surface area contributed by atoms with Crippen molar-refractivity contribution < 1.29 is 14.3 Å². The van der Waals surface area contributed by atoms with Gasteiger partial charge in [0.15, 0.2) is 11.7 Å². The van der Waals surface area contributed by atoms with Crippen LogP contribution in [0.25, 0.3) is 10.8 Å². The molecule has 0 radical (unpaired) electrons. The number of hydrogen-bond donors (Lipinski definition) is 3. The maximum absolute atomic E-state index is 12.1. The Balaban J connectivity index is 1.47. The van der Waals surface area contributed by atoms with Crippen LogP contribution in [0, 0.1) is 0 Å². The minimum absolute atomic E-state index is 0.0523. The summed E-state index contributed by atoms with van der Waals surface area (Å²) < 4.78 is 5.58. The lowest BCUT2D eigenvalue weighted by molar-refractivity contribution is -0.123. The zero-order valence-corrected chi connectivity index (χ0v) is 16.1. The first-order valence-corrected chi connectivity index (χ1v) is 9.08. The molecule has 0 aromatic heterocycles. The van der Waals surface area contributed by atoms with Gasteiger partial charge in [0.1, 0.15) is 5.75 Å². The summed E-state index contributed by atoms with van der Waals surface area (Å²) in [4.78, 5) is 24.0. The number of hydrazine groups is 1. The van der Waals surface area contributed by atoms with E-state index in [0.717, 1.165) is 10.8 Å². The molecule has 3 aromatic carbocycles. The highest BCUT2D eigenvalue weighted by Crippen LogP contribution is 2.24. The number of carbonyl (C=O) groups is 2. The van der Waals surface area contributed by atoms with Crippen LogP contribution in [0.15, 0.2) is 66.7 Å². The molecule has 0 aliphatic carbocycles. The number of thiocarbonyl (C=S) groups is 1. The van der Waals surface area contributed by atoms with E-state index < -0.39 is 11.8 Å². The molecular formula is C20H16ClN3O3S. The van der Waals surface area contributed by atoms with E-state index in [9.17, 15) is 9.59 Å². The van der Waals surface area contributed by atoms with Crippen LogP contribution in [0.5, 0.6) is 5.75 Å². The minimum Gasteiger partial charge on any atom is -0.483 e. The third-order valence-electron chi connectivity index (χ3n) is 3.74. The van der Waals surface area contributed by atoms with E-state index in [1.54, 1.807) is 24.3 Å². The van der Waals surface area contributed by atoms with Crippen molar-refractivity contribution in [2.24, 2.45) is 0 Å². The van der Waals surface area contributed by atoms with Crippen LogP contribution in [0.3, 0.4) is 0 Å². The molecule has 0 unspecified atom stereocenters. The summed E-state index contributed by atoms with van der Waals surface area (Å²) in [6.07, 6.45) is 0. The van der Waals surface area contributed by atoms with Gasteiger partial charge in [0.05, 0.1) is 0 Å². The Hall–Kier alpha value is -3.16. The molecule has 0 heterocycles. The first kappa shape index (κ1) is 19.6. The lowest BCUT2D eigenvalue weighted by Crippen LogP contribution is -2.49. The smallest absolute Gasteiger partial charge is 0.276 e. The van der Waals surface area contributed by atoms with Crippen LogP contribution >= 0.6 is 23.8 Å². The predicted octanol–water partition coefficient (Wildman–Crippen LogP) is 3.21. The van der Waals surface area contributed by atoms with Gasteiger partial charge in [-0.3, -0.25) is 25.8 Å². The first-order valence-electron chi connectivity index (χ1n) is 8.29. The molecule has 0 aliphatic heterocycles. The van der Waals surface area contributed by atoms with Crippen molar-refractivity contribution in [2.75, 3.05) is 6.61 Å². The summed E-state index contributed by atoms with van der Waals surface area (Å²) in [5.74, 6) is -0.293. The summed E-state index contributed by atoms with van der Waals surface area (Å²) in [5, 5.41) is 4.76. The highest BCUT2D eigenvalue weighted by atomic mass is 35.5. The van der Waals surface area contributed by atoms with Crippen molar-refractivity contribution in [1.82, 2.24) is 16.2 Å². The highest BCUT2D eigenvalue weighted by Gasteiger charge is 2.10. The SMILES string of the molecule is O=C(COc1cccc2ccccc12)NNC(=S)NC(=O)c1cccc(Cl)c1. The molecule has 3 aromatic rings. The van der Waals surface area contributed by atoms with Gasteiger partial charge in [0, 0.05) is 16.0 Å². The number of halogens is 1. The maximum Gasteiger partial charge on any atom is 0.276 e. The average molecular weight is 414 g/mol. The van der Waals surface area contributed by atoms with Crippen molar-refractivity contribution in [3.05, 3.63) is 77.3 Å². The molecule has 6 nitrogen and oxygen atoms in total. The molecule has 0 saturated carbocycles. The quantitative estimate of drug-likeness (QED) is 0.452. The second kappa shape index (κ2) is 9.16. The Morgan fingerprint density at radius 1 is 0.964 bits per heavy atom. The van der Waals surface area contributed by atoms with E-state index in [0.29, 0.717) is 16.3 Å². The van der Waals surface area contributed by atoms with Gasteiger partial charge in [0.25, 0.3) is 11.8 Å². The van der Waals surface area contributed by atoms with Crippen molar-refractivity contribution in [1.29, 1.82) is 0 Å². The largest absolute Gasteiger partial charge is 0.483 e. The Labute approximate surface area is 171 Å². The monoisotopic (exact) mass is 413 g/mol. The molecule has 28 heavy (non-hydrogen) atoms. The molecule has 8 heteroatoms. The molecule has 0 bridgehead atoms. The van der Waals surface area contributed by atoms with Crippen LogP contribution in [0.4, 0.5) is 0 Å². The second-order valence-corrected chi connectivity index (χ2v) is 6.58. The van der Waals surface area contributed by atoms with E-state index in [1.165, 1.54) is 6.07 Å². The molecule has 0 fully saturated rings. The molecule has 0 atom stereocenters. The van der Waals surface area contributed by atoms with Crippen LogP contribution in [-0.4, -0.2) is 23.5 Å². The summed E-state index contributed by atoms with van der Waals surface area (Å²) in [6.45, 7) is -0.216. The van der Waals surface area contributed by atoms with E-state index in [-0.39, 0.29) is 11.7 Å². The summed E-state index contributed by atoms with van der Waals surface area (Å²) in [7, 11) is 0. The zero-order chi connectivity index (χ0) is 19.9. The predicted molar refractivity (Wildman–Crippen MR) is 112 cm³/mol. The van der Waals surface area contributed by atoms with Crippen LogP contribution in [0.2, 0.25) is 5.02 Å². The minimum atomic E-state index is -0.452. The number of hydrogen-bond acceptors (Lipinski definition) is 4. The zero-order valence-electron chi connectivity index (χ0n) is 14.6. The van der Waals surface area contributed by atoms with Gasteiger partial charge in [-0.25, -0.2) is 0 Å². The third kappa shape index (κ3) is 5.18. The number of carbonyl (C=O) groups excluding carboxylic acids is 2. The molecule has 2 amide bonds. The van der Waals surface area contributed by atoms with Crippen molar-refractivity contribution >= 4 is 51.5 Å². The molecule has 0 aliphatic rings. The van der Waals surface area contributed by atoms with Gasteiger partial charge in [-0.2, -0.15) is 0 Å². The Bertz CT molecular complexity index is 1040. The molecule has 0 saturated heterocycles. The number of rotatable bonds is 4. The fourth-order valence-electron chi connectivity index (χ4n) is 2.46. The lowest BCUT2D eigenvalue weighted by atomic mass is 10.1. The van der Waals surface area contributed by atoms with E-state index >= 15 is 0 Å². The topological polar surface area (TPSA) is 79.5 Å². The summed E-state index contributed by atoms with van der Waals surface area (Å²) in [6, 6.07) is 19.7. The van der Waals surface area contributed by atoms with Gasteiger partial charge in [-0.1, -0.05) is 54.1 Å².